The molecule has 0 unspecified atom stereocenters. The lowest BCUT2D eigenvalue weighted by Crippen LogP contribution is -2.41. The Morgan fingerprint density at radius 2 is 1.86 bits per heavy atom. The number of rotatable bonds is 9. The molecule has 22 heavy (non-hydrogen) atoms. The van der Waals surface area contributed by atoms with E-state index in [1.165, 1.54) is 5.56 Å². The first kappa shape index (κ1) is 18.8. The van der Waals surface area contributed by atoms with E-state index in [2.05, 4.69) is 57.5 Å². The fourth-order valence-electron chi connectivity index (χ4n) is 2.23. The molecule has 0 fully saturated rings. The Morgan fingerprint density at radius 1 is 1.18 bits per heavy atom. The molecule has 1 atom stereocenters. The molecule has 6 heteroatoms. The van der Waals surface area contributed by atoms with E-state index < -0.39 is 0 Å². The number of likely N-dealkylation sites (N-methyl/N-ethyl adjacent to an activating group) is 3. The van der Waals surface area contributed by atoms with Gasteiger partial charge in [-0.3, -0.25) is 0 Å². The summed E-state index contributed by atoms with van der Waals surface area (Å²) in [6.45, 7) is 3.10. The Labute approximate surface area is 139 Å². The van der Waals surface area contributed by atoms with Crippen LogP contribution >= 0.6 is 12.2 Å². The first-order valence-corrected chi connectivity index (χ1v) is 8.08. The van der Waals surface area contributed by atoms with Crippen molar-refractivity contribution in [3.05, 3.63) is 29.8 Å². The van der Waals surface area contributed by atoms with E-state index in [0.29, 0.717) is 11.2 Å². The molecule has 0 saturated carbocycles. The molecular weight excluding hydrogens is 294 g/mol. The second-order valence-electron chi connectivity index (χ2n) is 5.46. The number of anilines is 1. The molecule has 0 aromatic heterocycles. The first-order chi connectivity index (χ1) is 10.6. The van der Waals surface area contributed by atoms with Gasteiger partial charge in [0.1, 0.15) is 0 Å². The molecule has 1 aromatic rings. The summed E-state index contributed by atoms with van der Waals surface area (Å²) < 4.78 is 0. The van der Waals surface area contributed by atoms with Crippen molar-refractivity contribution in [2.75, 3.05) is 53.1 Å². The molecule has 0 aliphatic heterocycles. The van der Waals surface area contributed by atoms with Gasteiger partial charge in [0.2, 0.25) is 0 Å². The second-order valence-corrected chi connectivity index (χ2v) is 5.86. The van der Waals surface area contributed by atoms with Crippen LogP contribution < -0.4 is 21.3 Å². The number of nitrogens with zero attached hydrogens (tertiary/aromatic N) is 1. The van der Waals surface area contributed by atoms with Crippen molar-refractivity contribution in [2.45, 2.75) is 12.5 Å². The standard InChI is InChI=1S/C16H29N5S/c1-17-9-10-21(4)12-15(18-2)11-13-5-7-14(8-6-13)20-16(22)19-3/h5-8,15,17-18H,9-12H2,1-4H3,(H2,19,20,22)/t15-/m0/s1. The molecule has 0 amide bonds. The largest absolute Gasteiger partial charge is 0.366 e. The van der Waals surface area contributed by atoms with Gasteiger partial charge < -0.3 is 26.2 Å². The van der Waals surface area contributed by atoms with E-state index >= 15 is 0 Å². The van der Waals surface area contributed by atoms with Crippen molar-refractivity contribution in [3.63, 3.8) is 0 Å². The summed E-state index contributed by atoms with van der Waals surface area (Å²) in [7, 11) is 7.98. The molecule has 0 aliphatic carbocycles. The van der Waals surface area contributed by atoms with Crippen LogP contribution in [0.25, 0.3) is 0 Å². The fourth-order valence-corrected chi connectivity index (χ4v) is 2.35. The maximum absolute atomic E-state index is 5.10. The summed E-state index contributed by atoms with van der Waals surface area (Å²) in [6, 6.07) is 8.88. The Kier molecular flexibility index (Phi) is 9.00. The maximum atomic E-state index is 5.10. The van der Waals surface area contributed by atoms with Crippen LogP contribution in [0, 0.1) is 0 Å². The number of nitrogens with one attached hydrogen (secondary N) is 4. The summed E-state index contributed by atoms with van der Waals surface area (Å²) in [5.74, 6) is 0. The lowest BCUT2D eigenvalue weighted by atomic mass is 10.1. The van der Waals surface area contributed by atoms with Crippen molar-refractivity contribution in [2.24, 2.45) is 0 Å². The highest BCUT2D eigenvalue weighted by Gasteiger charge is 2.10. The SMILES string of the molecule is CNCCN(C)C[C@H](Cc1ccc(NC(=S)NC)cc1)NC. The van der Waals surface area contributed by atoms with Crippen molar-refractivity contribution >= 4 is 23.0 Å². The molecule has 0 heterocycles. The monoisotopic (exact) mass is 323 g/mol. The minimum atomic E-state index is 0.444. The number of hydrogen-bond acceptors (Lipinski definition) is 4. The van der Waals surface area contributed by atoms with E-state index in [1.807, 2.05) is 21.1 Å². The predicted molar refractivity (Wildman–Crippen MR) is 99.7 cm³/mol. The van der Waals surface area contributed by atoms with Gasteiger partial charge in [-0.05, 0) is 57.5 Å². The lowest BCUT2D eigenvalue weighted by Gasteiger charge is -2.24. The van der Waals surface area contributed by atoms with E-state index in [1.54, 1.807) is 0 Å². The highest BCUT2D eigenvalue weighted by atomic mass is 32.1. The highest BCUT2D eigenvalue weighted by molar-refractivity contribution is 7.80. The summed E-state index contributed by atoms with van der Waals surface area (Å²) in [6.07, 6.45) is 1.01. The van der Waals surface area contributed by atoms with E-state index in [4.69, 9.17) is 12.2 Å². The quantitative estimate of drug-likeness (QED) is 0.506. The normalized spacial score (nSPS) is 12.2. The minimum Gasteiger partial charge on any atom is -0.366 e. The third-order valence-corrected chi connectivity index (χ3v) is 3.91. The van der Waals surface area contributed by atoms with Gasteiger partial charge in [0.05, 0.1) is 0 Å². The van der Waals surface area contributed by atoms with Crippen LogP contribution in [-0.2, 0) is 6.42 Å². The Hall–Kier alpha value is -1.21. The molecular formula is C16H29N5S. The molecule has 1 aromatic carbocycles. The van der Waals surface area contributed by atoms with Gasteiger partial charge in [0, 0.05) is 38.4 Å². The number of thiocarbonyl (C=S) groups is 1. The third-order valence-electron chi connectivity index (χ3n) is 3.60. The Bertz CT molecular complexity index is 435. The molecule has 0 spiro atoms. The zero-order chi connectivity index (χ0) is 16.4. The highest BCUT2D eigenvalue weighted by Crippen LogP contribution is 2.11. The van der Waals surface area contributed by atoms with Crippen LogP contribution in [0.1, 0.15) is 5.56 Å². The van der Waals surface area contributed by atoms with Crippen LogP contribution in [0.5, 0.6) is 0 Å². The fraction of sp³-hybridized carbons (Fsp3) is 0.562. The second kappa shape index (κ2) is 10.5. The zero-order valence-corrected chi connectivity index (χ0v) is 14.9. The van der Waals surface area contributed by atoms with Gasteiger partial charge in [-0.25, -0.2) is 0 Å². The lowest BCUT2D eigenvalue weighted by molar-refractivity contribution is 0.295. The summed E-state index contributed by atoms with van der Waals surface area (Å²) in [5, 5.41) is 13.3. The van der Waals surface area contributed by atoms with Crippen LogP contribution in [0.2, 0.25) is 0 Å². The minimum absolute atomic E-state index is 0.444. The van der Waals surface area contributed by atoms with Gasteiger partial charge in [0.25, 0.3) is 0 Å². The molecule has 0 aliphatic rings. The van der Waals surface area contributed by atoms with Gasteiger partial charge in [-0.1, -0.05) is 12.1 Å². The summed E-state index contributed by atoms with van der Waals surface area (Å²) in [5.41, 5.74) is 2.33. The van der Waals surface area contributed by atoms with E-state index in [0.717, 1.165) is 31.7 Å². The topological polar surface area (TPSA) is 51.4 Å². The molecule has 0 saturated heterocycles. The van der Waals surface area contributed by atoms with Crippen molar-refractivity contribution < 1.29 is 0 Å². The number of benzene rings is 1. The summed E-state index contributed by atoms with van der Waals surface area (Å²) >= 11 is 5.10. The zero-order valence-electron chi connectivity index (χ0n) is 14.1. The molecule has 5 nitrogen and oxygen atoms in total. The first-order valence-electron chi connectivity index (χ1n) is 7.67. The third kappa shape index (κ3) is 7.17. The van der Waals surface area contributed by atoms with Crippen LogP contribution in [0.15, 0.2) is 24.3 Å². The Balaban J connectivity index is 2.51. The van der Waals surface area contributed by atoms with Crippen molar-refractivity contribution in [3.8, 4) is 0 Å². The summed E-state index contributed by atoms with van der Waals surface area (Å²) in [4.78, 5) is 2.35. The van der Waals surface area contributed by atoms with Crippen molar-refractivity contribution in [1.29, 1.82) is 0 Å². The molecule has 124 valence electrons. The van der Waals surface area contributed by atoms with E-state index in [9.17, 15) is 0 Å². The Morgan fingerprint density at radius 3 is 2.41 bits per heavy atom. The van der Waals surface area contributed by atoms with Crippen molar-refractivity contribution in [1.82, 2.24) is 20.9 Å². The molecule has 1 rings (SSSR count). The maximum Gasteiger partial charge on any atom is 0.170 e. The van der Waals surface area contributed by atoms with Gasteiger partial charge in [-0.2, -0.15) is 0 Å². The van der Waals surface area contributed by atoms with Crippen LogP contribution in [0.3, 0.4) is 0 Å². The van der Waals surface area contributed by atoms with Crippen LogP contribution in [-0.4, -0.2) is 63.9 Å². The van der Waals surface area contributed by atoms with Gasteiger partial charge >= 0.3 is 0 Å². The van der Waals surface area contributed by atoms with Gasteiger partial charge in [-0.15, -0.1) is 0 Å². The smallest absolute Gasteiger partial charge is 0.170 e. The van der Waals surface area contributed by atoms with Crippen LogP contribution in [0.4, 0.5) is 5.69 Å². The van der Waals surface area contributed by atoms with Gasteiger partial charge in [0.15, 0.2) is 5.11 Å². The molecule has 0 bridgehead atoms. The average Bonchev–Trinajstić information content (AvgIpc) is 2.53. The molecule has 4 N–H and O–H groups in total. The predicted octanol–water partition coefficient (Wildman–Crippen LogP) is 0.885. The van der Waals surface area contributed by atoms with E-state index in [-0.39, 0.29) is 0 Å². The average molecular weight is 324 g/mol. The number of hydrogen-bond donors (Lipinski definition) is 4. The molecule has 0 radical (unpaired) electrons.